The molecule has 0 amide bonds. The Bertz CT molecular complexity index is 613. The summed E-state index contributed by atoms with van der Waals surface area (Å²) in [6.45, 7) is 2.57. The maximum absolute atomic E-state index is 12.1. The number of nitrogens with zero attached hydrogens (tertiary/aromatic N) is 1. The second-order valence-corrected chi connectivity index (χ2v) is 6.40. The number of benzene rings is 1. The third kappa shape index (κ3) is 4.94. The van der Waals surface area contributed by atoms with Gasteiger partial charge >= 0.3 is 0 Å². The van der Waals surface area contributed by atoms with Gasteiger partial charge in [0.2, 0.25) is 10.0 Å². The Morgan fingerprint density at radius 1 is 1.35 bits per heavy atom. The zero-order chi connectivity index (χ0) is 15.2. The Kier molecular flexibility index (Phi) is 6.17. The first-order chi connectivity index (χ1) is 9.36. The lowest BCUT2D eigenvalue weighted by Gasteiger charge is -2.11. The van der Waals surface area contributed by atoms with E-state index in [1.54, 1.807) is 19.1 Å². The summed E-state index contributed by atoms with van der Waals surface area (Å²) < 4.78 is 26.7. The van der Waals surface area contributed by atoms with Crippen molar-refractivity contribution in [1.82, 2.24) is 9.62 Å². The van der Waals surface area contributed by atoms with Gasteiger partial charge in [0.05, 0.1) is 4.90 Å². The second-order valence-electron chi connectivity index (χ2n) is 4.64. The summed E-state index contributed by atoms with van der Waals surface area (Å²) in [6.07, 6.45) is 0. The molecule has 0 aliphatic heterocycles. The van der Waals surface area contributed by atoms with Crippen LogP contribution in [0.25, 0.3) is 0 Å². The van der Waals surface area contributed by atoms with Gasteiger partial charge in [-0.3, -0.25) is 0 Å². The molecule has 20 heavy (non-hydrogen) atoms. The first kappa shape index (κ1) is 16.7. The van der Waals surface area contributed by atoms with E-state index in [1.807, 2.05) is 19.0 Å². The lowest BCUT2D eigenvalue weighted by atomic mass is 10.1. The van der Waals surface area contributed by atoms with Crippen molar-refractivity contribution in [2.45, 2.75) is 11.8 Å². The predicted molar refractivity (Wildman–Crippen MR) is 78.9 cm³/mol. The number of likely N-dealkylation sites (N-methyl/N-ethyl adjacent to an activating group) is 1. The van der Waals surface area contributed by atoms with Crippen molar-refractivity contribution in [1.29, 1.82) is 0 Å². The monoisotopic (exact) mass is 296 g/mol. The van der Waals surface area contributed by atoms with Crippen molar-refractivity contribution in [2.24, 2.45) is 0 Å². The molecule has 6 heteroatoms. The number of aliphatic hydroxyl groups excluding tert-OH is 1. The Hall–Kier alpha value is -1.39. The van der Waals surface area contributed by atoms with E-state index in [1.165, 1.54) is 6.07 Å². The molecular weight excluding hydrogens is 276 g/mol. The molecule has 110 valence electrons. The summed E-state index contributed by atoms with van der Waals surface area (Å²) in [4.78, 5) is 2.13. The van der Waals surface area contributed by atoms with Crippen LogP contribution in [0.5, 0.6) is 0 Å². The van der Waals surface area contributed by atoms with Crippen molar-refractivity contribution in [2.75, 3.05) is 33.8 Å². The van der Waals surface area contributed by atoms with Crippen LogP contribution in [0.15, 0.2) is 23.1 Å². The highest BCUT2D eigenvalue weighted by Gasteiger charge is 2.14. The van der Waals surface area contributed by atoms with Crippen LogP contribution in [-0.2, 0) is 10.0 Å². The highest BCUT2D eigenvalue weighted by Crippen LogP contribution is 2.14. The number of aryl methyl sites for hydroxylation is 1. The largest absolute Gasteiger partial charge is 0.384 e. The van der Waals surface area contributed by atoms with Gasteiger partial charge in [-0.15, -0.1) is 0 Å². The van der Waals surface area contributed by atoms with Gasteiger partial charge in [0.25, 0.3) is 0 Å². The maximum Gasteiger partial charge on any atom is 0.240 e. The van der Waals surface area contributed by atoms with E-state index < -0.39 is 10.0 Å². The van der Waals surface area contributed by atoms with Gasteiger partial charge in [-0.25, -0.2) is 13.1 Å². The molecule has 0 spiro atoms. The van der Waals surface area contributed by atoms with E-state index in [0.717, 1.165) is 5.56 Å². The SMILES string of the molecule is Cc1cc(S(=O)(=O)NCCN(C)C)ccc1C#CCO. The molecule has 0 fully saturated rings. The molecule has 0 atom stereocenters. The summed E-state index contributed by atoms with van der Waals surface area (Å²) in [5, 5.41) is 8.66. The fourth-order valence-corrected chi connectivity index (χ4v) is 2.67. The Labute approximate surface area is 120 Å². The Morgan fingerprint density at radius 3 is 2.60 bits per heavy atom. The molecule has 0 aliphatic carbocycles. The van der Waals surface area contributed by atoms with Crippen LogP contribution in [0.1, 0.15) is 11.1 Å². The van der Waals surface area contributed by atoms with Gasteiger partial charge in [0, 0.05) is 18.7 Å². The molecule has 0 unspecified atom stereocenters. The molecule has 1 rings (SSSR count). The van der Waals surface area contributed by atoms with Gasteiger partial charge in [0.1, 0.15) is 6.61 Å². The molecule has 1 aromatic rings. The highest BCUT2D eigenvalue weighted by molar-refractivity contribution is 7.89. The molecule has 0 aromatic heterocycles. The number of aliphatic hydroxyl groups is 1. The molecule has 2 N–H and O–H groups in total. The standard InChI is InChI=1S/C14H20N2O3S/c1-12-11-14(7-6-13(12)5-4-10-17)20(18,19)15-8-9-16(2)3/h6-7,11,15,17H,8-10H2,1-3H3. The fraction of sp³-hybridized carbons (Fsp3) is 0.429. The Balaban J connectivity index is 2.88. The first-order valence-corrected chi connectivity index (χ1v) is 7.70. The summed E-state index contributed by atoms with van der Waals surface area (Å²) in [5.41, 5.74) is 1.48. The van der Waals surface area contributed by atoms with E-state index in [9.17, 15) is 8.42 Å². The lowest BCUT2D eigenvalue weighted by Crippen LogP contribution is -2.31. The van der Waals surface area contributed by atoms with Gasteiger partial charge in [0.15, 0.2) is 0 Å². The lowest BCUT2D eigenvalue weighted by molar-refractivity contribution is 0.350. The number of nitrogens with one attached hydrogen (secondary N) is 1. The van der Waals surface area contributed by atoms with Gasteiger partial charge in [-0.1, -0.05) is 11.8 Å². The summed E-state index contributed by atoms with van der Waals surface area (Å²) >= 11 is 0. The predicted octanol–water partition coefficient (Wildman–Crippen LogP) is 0.179. The average Bonchev–Trinajstić information content (AvgIpc) is 2.36. The highest BCUT2D eigenvalue weighted by atomic mass is 32.2. The van der Waals surface area contributed by atoms with Crippen LogP contribution in [0.4, 0.5) is 0 Å². The molecule has 0 saturated carbocycles. The van der Waals surface area contributed by atoms with E-state index in [2.05, 4.69) is 16.6 Å². The van der Waals surface area contributed by atoms with Crippen LogP contribution in [-0.4, -0.2) is 52.2 Å². The minimum Gasteiger partial charge on any atom is -0.384 e. The van der Waals surface area contributed by atoms with Crippen molar-refractivity contribution >= 4 is 10.0 Å². The number of hydrogen-bond donors (Lipinski definition) is 2. The molecule has 5 nitrogen and oxygen atoms in total. The van der Waals surface area contributed by atoms with E-state index in [0.29, 0.717) is 18.7 Å². The topological polar surface area (TPSA) is 69.6 Å². The molecule has 0 bridgehead atoms. The fourth-order valence-electron chi connectivity index (χ4n) is 1.57. The van der Waals surface area contributed by atoms with Gasteiger partial charge < -0.3 is 10.0 Å². The zero-order valence-electron chi connectivity index (χ0n) is 12.0. The van der Waals surface area contributed by atoms with Crippen molar-refractivity contribution in [3.63, 3.8) is 0 Å². The number of sulfonamides is 1. The average molecular weight is 296 g/mol. The summed E-state index contributed by atoms with van der Waals surface area (Å²) in [7, 11) is 0.274. The molecule has 0 radical (unpaired) electrons. The molecule has 1 aromatic carbocycles. The van der Waals surface area contributed by atoms with E-state index >= 15 is 0 Å². The minimum atomic E-state index is -3.49. The first-order valence-electron chi connectivity index (χ1n) is 6.21. The third-order valence-electron chi connectivity index (χ3n) is 2.66. The smallest absolute Gasteiger partial charge is 0.240 e. The van der Waals surface area contributed by atoms with Crippen LogP contribution in [0, 0.1) is 18.8 Å². The van der Waals surface area contributed by atoms with Gasteiger partial charge in [-0.05, 0) is 44.8 Å². The van der Waals surface area contributed by atoms with E-state index in [4.69, 9.17) is 5.11 Å². The van der Waals surface area contributed by atoms with Gasteiger partial charge in [-0.2, -0.15) is 0 Å². The summed E-state index contributed by atoms with van der Waals surface area (Å²) in [6, 6.07) is 4.75. The molecule has 0 heterocycles. The van der Waals surface area contributed by atoms with E-state index in [-0.39, 0.29) is 11.5 Å². The molecular formula is C14H20N2O3S. The van der Waals surface area contributed by atoms with Crippen molar-refractivity contribution < 1.29 is 13.5 Å². The normalized spacial score (nSPS) is 11.2. The second kappa shape index (κ2) is 7.41. The summed E-state index contributed by atoms with van der Waals surface area (Å²) in [5.74, 6) is 5.32. The van der Waals surface area contributed by atoms with Crippen LogP contribution in [0.3, 0.4) is 0 Å². The third-order valence-corrected chi connectivity index (χ3v) is 4.12. The minimum absolute atomic E-state index is 0.217. The van der Waals surface area contributed by atoms with Crippen molar-refractivity contribution in [3.05, 3.63) is 29.3 Å². The number of rotatable bonds is 5. The molecule has 0 aliphatic rings. The zero-order valence-corrected chi connectivity index (χ0v) is 12.8. The Morgan fingerprint density at radius 2 is 2.05 bits per heavy atom. The number of hydrogen-bond acceptors (Lipinski definition) is 4. The van der Waals surface area contributed by atoms with Crippen LogP contribution < -0.4 is 4.72 Å². The van der Waals surface area contributed by atoms with Crippen molar-refractivity contribution in [3.8, 4) is 11.8 Å². The van der Waals surface area contributed by atoms with Crippen LogP contribution in [0.2, 0.25) is 0 Å². The quantitative estimate of drug-likeness (QED) is 0.761. The van der Waals surface area contributed by atoms with Crippen LogP contribution >= 0.6 is 0 Å². The molecule has 0 saturated heterocycles. The maximum atomic E-state index is 12.1.